The van der Waals surface area contributed by atoms with Crippen molar-refractivity contribution >= 4 is 11.9 Å². The molecule has 0 aliphatic carbocycles. The number of benzene rings is 1. The highest BCUT2D eigenvalue weighted by Gasteiger charge is 2.06. The van der Waals surface area contributed by atoms with Crippen molar-refractivity contribution in [3.8, 4) is 0 Å². The molecule has 0 aliphatic heterocycles. The lowest BCUT2D eigenvalue weighted by Crippen LogP contribution is -2.30. The number of esters is 1. The summed E-state index contributed by atoms with van der Waals surface area (Å²) in [4.78, 5) is 22.3. The number of carbonyl (C=O) groups is 2. The van der Waals surface area contributed by atoms with E-state index in [0.717, 1.165) is 0 Å². The molecule has 0 unspecified atom stereocenters. The van der Waals surface area contributed by atoms with Crippen LogP contribution in [-0.2, 0) is 14.3 Å². The van der Waals surface area contributed by atoms with Crippen LogP contribution in [0.4, 0.5) is 0 Å². The van der Waals surface area contributed by atoms with Crippen molar-refractivity contribution in [1.82, 2.24) is 5.32 Å². The van der Waals surface area contributed by atoms with Crippen LogP contribution in [0.2, 0.25) is 0 Å². The Hall–Kier alpha value is -1.88. The van der Waals surface area contributed by atoms with Gasteiger partial charge in [-0.2, -0.15) is 0 Å². The van der Waals surface area contributed by atoms with Crippen LogP contribution in [0.25, 0.3) is 0 Å². The quantitative estimate of drug-likeness (QED) is 0.585. The van der Waals surface area contributed by atoms with Gasteiger partial charge in [-0.1, -0.05) is 18.2 Å². The van der Waals surface area contributed by atoms with E-state index in [9.17, 15) is 9.59 Å². The average molecular weight is 223 g/mol. The zero-order chi connectivity index (χ0) is 11.8. The molecule has 0 spiro atoms. The van der Waals surface area contributed by atoms with Gasteiger partial charge in [0.25, 0.3) is 0 Å². The van der Waals surface area contributed by atoms with E-state index in [-0.39, 0.29) is 19.2 Å². The molecule has 5 heteroatoms. The van der Waals surface area contributed by atoms with Gasteiger partial charge in [0, 0.05) is 7.11 Å². The van der Waals surface area contributed by atoms with Gasteiger partial charge in [-0.25, -0.2) is 4.79 Å². The highest BCUT2D eigenvalue weighted by Crippen LogP contribution is 1.99. The van der Waals surface area contributed by atoms with Gasteiger partial charge in [0.05, 0.1) is 5.56 Å². The number of amides is 1. The zero-order valence-electron chi connectivity index (χ0n) is 8.93. The topological polar surface area (TPSA) is 64.6 Å². The molecule has 1 aromatic rings. The Morgan fingerprint density at radius 1 is 1.25 bits per heavy atom. The Balaban J connectivity index is 2.29. The summed E-state index contributed by atoms with van der Waals surface area (Å²) in [6.45, 7) is -0.210. The molecule has 5 nitrogen and oxygen atoms in total. The van der Waals surface area contributed by atoms with Gasteiger partial charge < -0.3 is 14.8 Å². The monoisotopic (exact) mass is 223 g/mol. The molecule has 1 rings (SSSR count). The second-order valence-corrected chi connectivity index (χ2v) is 2.98. The molecule has 0 aliphatic rings. The minimum absolute atomic E-state index is 0.0527. The largest absolute Gasteiger partial charge is 0.441 e. The minimum Gasteiger partial charge on any atom is -0.441 e. The molecule has 0 bridgehead atoms. The van der Waals surface area contributed by atoms with Gasteiger partial charge in [0.1, 0.15) is 6.61 Å². The highest BCUT2D eigenvalue weighted by molar-refractivity contribution is 5.89. The summed E-state index contributed by atoms with van der Waals surface area (Å²) in [5.41, 5.74) is 0.448. The maximum Gasteiger partial charge on any atom is 0.339 e. The molecule has 0 aromatic heterocycles. The van der Waals surface area contributed by atoms with Crippen LogP contribution < -0.4 is 5.32 Å². The fraction of sp³-hybridized carbons (Fsp3) is 0.273. The van der Waals surface area contributed by atoms with E-state index in [1.165, 1.54) is 7.11 Å². The normalized spacial score (nSPS) is 9.56. The number of hydrogen-bond acceptors (Lipinski definition) is 4. The SMILES string of the molecule is COCC(=O)NCOC(=O)c1ccccc1. The van der Waals surface area contributed by atoms with Crippen molar-refractivity contribution in [2.45, 2.75) is 0 Å². The summed E-state index contributed by atoms with van der Waals surface area (Å²) < 4.78 is 9.41. The fourth-order valence-electron chi connectivity index (χ4n) is 1.02. The Morgan fingerprint density at radius 2 is 1.94 bits per heavy atom. The number of rotatable bonds is 5. The van der Waals surface area contributed by atoms with Gasteiger partial charge in [-0.05, 0) is 12.1 Å². The number of hydrogen-bond donors (Lipinski definition) is 1. The molecule has 1 aromatic carbocycles. The van der Waals surface area contributed by atoms with Crippen LogP contribution in [0.5, 0.6) is 0 Å². The van der Waals surface area contributed by atoms with Crippen LogP contribution in [0.1, 0.15) is 10.4 Å². The standard InChI is InChI=1S/C11H13NO4/c1-15-7-10(13)12-8-16-11(14)9-5-3-2-4-6-9/h2-6H,7-8H2,1H3,(H,12,13). The predicted molar refractivity (Wildman–Crippen MR) is 56.7 cm³/mol. The summed E-state index contributed by atoms with van der Waals surface area (Å²) >= 11 is 0. The van der Waals surface area contributed by atoms with Gasteiger partial charge in [0.2, 0.25) is 5.91 Å². The Morgan fingerprint density at radius 3 is 2.56 bits per heavy atom. The number of ether oxygens (including phenoxy) is 2. The minimum atomic E-state index is -0.474. The number of methoxy groups -OCH3 is 1. The second-order valence-electron chi connectivity index (χ2n) is 2.98. The van der Waals surface area contributed by atoms with E-state index >= 15 is 0 Å². The molecule has 0 radical (unpaired) electrons. The Kier molecular flexibility index (Phi) is 5.01. The molecule has 1 N–H and O–H groups in total. The molecule has 86 valence electrons. The van der Waals surface area contributed by atoms with Gasteiger partial charge in [-0.3, -0.25) is 4.79 Å². The fourth-order valence-corrected chi connectivity index (χ4v) is 1.02. The highest BCUT2D eigenvalue weighted by atomic mass is 16.5. The molecule has 0 atom stereocenters. The lowest BCUT2D eigenvalue weighted by atomic mass is 10.2. The summed E-state index contributed by atoms with van der Waals surface area (Å²) in [7, 11) is 1.41. The predicted octanol–water partition coefficient (Wildman–Crippen LogP) is 0.563. The van der Waals surface area contributed by atoms with Crippen molar-refractivity contribution in [3.05, 3.63) is 35.9 Å². The maximum absolute atomic E-state index is 11.4. The summed E-state index contributed by atoms with van der Waals surface area (Å²) in [5, 5.41) is 2.38. The smallest absolute Gasteiger partial charge is 0.339 e. The van der Waals surface area contributed by atoms with Crippen LogP contribution in [0.3, 0.4) is 0 Å². The Bertz CT molecular complexity index is 350. The zero-order valence-corrected chi connectivity index (χ0v) is 8.93. The first-order valence-corrected chi connectivity index (χ1v) is 4.72. The van der Waals surface area contributed by atoms with Crippen molar-refractivity contribution in [2.75, 3.05) is 20.4 Å². The van der Waals surface area contributed by atoms with Crippen molar-refractivity contribution < 1.29 is 19.1 Å². The first-order chi connectivity index (χ1) is 7.74. The molecule has 0 saturated heterocycles. The van der Waals surface area contributed by atoms with Crippen LogP contribution in [-0.4, -0.2) is 32.3 Å². The van der Waals surface area contributed by atoms with E-state index in [4.69, 9.17) is 4.74 Å². The van der Waals surface area contributed by atoms with Gasteiger partial charge in [0.15, 0.2) is 6.73 Å². The third-order valence-corrected chi connectivity index (χ3v) is 1.76. The molecule has 0 heterocycles. The lowest BCUT2D eigenvalue weighted by Gasteiger charge is -2.06. The van der Waals surface area contributed by atoms with E-state index in [1.54, 1.807) is 30.3 Å². The first kappa shape index (κ1) is 12.2. The summed E-state index contributed by atoms with van der Waals surface area (Å²) in [5.74, 6) is -0.804. The summed E-state index contributed by atoms with van der Waals surface area (Å²) in [6, 6.07) is 8.55. The van der Waals surface area contributed by atoms with Gasteiger partial charge >= 0.3 is 5.97 Å². The van der Waals surface area contributed by atoms with E-state index in [1.807, 2.05) is 0 Å². The molecule has 16 heavy (non-hydrogen) atoms. The van der Waals surface area contributed by atoms with E-state index in [0.29, 0.717) is 5.56 Å². The van der Waals surface area contributed by atoms with Crippen LogP contribution >= 0.6 is 0 Å². The third kappa shape index (κ3) is 4.10. The lowest BCUT2D eigenvalue weighted by molar-refractivity contribution is -0.125. The Labute approximate surface area is 93.4 Å². The molecule has 0 fully saturated rings. The van der Waals surface area contributed by atoms with Crippen molar-refractivity contribution in [2.24, 2.45) is 0 Å². The van der Waals surface area contributed by atoms with Gasteiger partial charge in [-0.15, -0.1) is 0 Å². The second kappa shape index (κ2) is 6.58. The van der Waals surface area contributed by atoms with Crippen molar-refractivity contribution in [3.63, 3.8) is 0 Å². The van der Waals surface area contributed by atoms with Crippen LogP contribution in [0.15, 0.2) is 30.3 Å². The third-order valence-electron chi connectivity index (χ3n) is 1.76. The molecular formula is C11H13NO4. The first-order valence-electron chi connectivity index (χ1n) is 4.72. The van der Waals surface area contributed by atoms with E-state index < -0.39 is 5.97 Å². The van der Waals surface area contributed by atoms with Crippen LogP contribution in [0, 0.1) is 0 Å². The molecule has 0 saturated carbocycles. The maximum atomic E-state index is 11.4. The number of nitrogens with one attached hydrogen (secondary N) is 1. The average Bonchev–Trinajstić information content (AvgIpc) is 2.30. The summed E-state index contributed by atoms with van der Waals surface area (Å²) in [6.07, 6.45) is 0. The van der Waals surface area contributed by atoms with E-state index in [2.05, 4.69) is 10.1 Å². The molecule has 1 amide bonds. The van der Waals surface area contributed by atoms with Crippen molar-refractivity contribution in [1.29, 1.82) is 0 Å². The molecular weight excluding hydrogens is 210 g/mol. The number of carbonyl (C=O) groups excluding carboxylic acids is 2.